The third-order valence-corrected chi connectivity index (χ3v) is 12.2. The molecule has 4 heteroatoms. The molecule has 2 heterocycles. The number of aromatic nitrogens is 3. The highest BCUT2D eigenvalue weighted by Crippen LogP contribution is 2.46. The summed E-state index contributed by atoms with van der Waals surface area (Å²) in [5, 5.41) is 7.01. The van der Waals surface area contributed by atoms with E-state index >= 15 is 0 Å². The minimum absolute atomic E-state index is 0.640. The van der Waals surface area contributed by atoms with Crippen LogP contribution in [-0.4, -0.2) is 15.0 Å². The molecule has 0 amide bonds. The van der Waals surface area contributed by atoms with Crippen molar-refractivity contribution >= 4 is 53.1 Å². The molecule has 0 atom stereocenters. The largest absolute Gasteiger partial charge is 0.208 e. The van der Waals surface area contributed by atoms with Crippen molar-refractivity contribution in [1.29, 1.82) is 0 Å². The summed E-state index contributed by atoms with van der Waals surface area (Å²) < 4.78 is 2.41. The van der Waals surface area contributed by atoms with E-state index < -0.39 is 0 Å². The fourth-order valence-corrected chi connectivity index (χ4v) is 9.48. The highest BCUT2D eigenvalue weighted by Gasteiger charge is 2.23. The maximum atomic E-state index is 5.48. The molecular weight excluding hydrogens is 711 g/mol. The molecule has 11 aromatic rings. The van der Waals surface area contributed by atoms with Crippen molar-refractivity contribution in [3.05, 3.63) is 200 Å². The molecule has 0 saturated heterocycles. The fraction of sp³-hybridized carbons (Fsp3) is 0. The summed E-state index contributed by atoms with van der Waals surface area (Å²) in [6.45, 7) is 0. The third kappa shape index (κ3) is 5.78. The van der Waals surface area contributed by atoms with Crippen molar-refractivity contribution in [3.63, 3.8) is 0 Å². The second-order valence-electron chi connectivity index (χ2n) is 14.3. The van der Waals surface area contributed by atoms with Gasteiger partial charge in [-0.15, -0.1) is 11.3 Å². The van der Waals surface area contributed by atoms with Gasteiger partial charge < -0.3 is 0 Å². The Morgan fingerprint density at radius 2 is 0.842 bits per heavy atom. The van der Waals surface area contributed by atoms with Crippen molar-refractivity contribution < 1.29 is 0 Å². The summed E-state index contributed by atoms with van der Waals surface area (Å²) in [5.74, 6) is 1.94. The van der Waals surface area contributed by atoms with Gasteiger partial charge in [-0.2, -0.15) is 0 Å². The zero-order valence-corrected chi connectivity index (χ0v) is 31.6. The van der Waals surface area contributed by atoms with E-state index in [1.54, 1.807) is 11.3 Å². The first kappa shape index (κ1) is 33.1. The molecule has 0 radical (unpaired) electrons. The minimum Gasteiger partial charge on any atom is -0.208 e. The van der Waals surface area contributed by atoms with Crippen molar-refractivity contribution in [3.8, 4) is 67.5 Å². The Morgan fingerprint density at radius 3 is 1.61 bits per heavy atom. The quantitative estimate of drug-likeness (QED) is 0.170. The van der Waals surface area contributed by atoms with Gasteiger partial charge in [0.15, 0.2) is 17.5 Å². The van der Waals surface area contributed by atoms with Crippen LogP contribution in [0.3, 0.4) is 0 Å². The number of benzene rings is 9. The van der Waals surface area contributed by atoms with Crippen LogP contribution in [0.1, 0.15) is 0 Å². The van der Waals surface area contributed by atoms with Crippen LogP contribution < -0.4 is 0 Å². The zero-order chi connectivity index (χ0) is 37.7. The Kier molecular flexibility index (Phi) is 8.01. The molecule has 11 rings (SSSR count). The van der Waals surface area contributed by atoms with Crippen LogP contribution in [-0.2, 0) is 0 Å². The van der Waals surface area contributed by atoms with Crippen molar-refractivity contribution in [2.24, 2.45) is 0 Å². The van der Waals surface area contributed by atoms with Gasteiger partial charge in [0, 0.05) is 36.9 Å². The Hall–Kier alpha value is -7.27. The van der Waals surface area contributed by atoms with Crippen LogP contribution in [0.15, 0.2) is 200 Å². The molecule has 0 bridgehead atoms. The van der Waals surface area contributed by atoms with Crippen molar-refractivity contribution in [1.82, 2.24) is 15.0 Å². The summed E-state index contributed by atoms with van der Waals surface area (Å²) in [5.41, 5.74) is 9.80. The number of rotatable bonds is 6. The summed E-state index contributed by atoms with van der Waals surface area (Å²) in [7, 11) is 0. The molecular formula is C53H33N3S. The Labute approximate surface area is 334 Å². The first-order chi connectivity index (χ1) is 28.3. The summed E-state index contributed by atoms with van der Waals surface area (Å²) in [6, 6.07) is 71.1. The molecule has 3 nitrogen and oxygen atoms in total. The van der Waals surface area contributed by atoms with Crippen LogP contribution in [0.2, 0.25) is 0 Å². The van der Waals surface area contributed by atoms with E-state index in [2.05, 4.69) is 182 Å². The summed E-state index contributed by atoms with van der Waals surface area (Å²) in [4.78, 5) is 16.1. The molecule has 266 valence electrons. The van der Waals surface area contributed by atoms with E-state index in [0.29, 0.717) is 17.5 Å². The Morgan fingerprint density at radius 1 is 0.298 bits per heavy atom. The van der Waals surface area contributed by atoms with Crippen LogP contribution in [0.4, 0.5) is 0 Å². The van der Waals surface area contributed by atoms with Crippen molar-refractivity contribution in [2.45, 2.75) is 0 Å². The van der Waals surface area contributed by atoms with Gasteiger partial charge in [0.25, 0.3) is 0 Å². The molecule has 0 aliphatic rings. The normalized spacial score (nSPS) is 11.5. The lowest BCUT2D eigenvalue weighted by Gasteiger charge is -2.19. The lowest BCUT2D eigenvalue weighted by molar-refractivity contribution is 1.08. The molecule has 2 aromatic heterocycles. The first-order valence-corrected chi connectivity index (χ1v) is 20.0. The number of fused-ring (bicyclic) bond motifs is 5. The molecule has 0 spiro atoms. The fourth-order valence-electron chi connectivity index (χ4n) is 8.27. The van der Waals surface area contributed by atoms with E-state index in [1.165, 1.54) is 42.1 Å². The van der Waals surface area contributed by atoms with Crippen LogP contribution in [0.25, 0.3) is 109 Å². The molecule has 0 N–H and O–H groups in total. The maximum absolute atomic E-state index is 5.48. The van der Waals surface area contributed by atoms with Gasteiger partial charge >= 0.3 is 0 Å². The smallest absolute Gasteiger partial charge is 0.165 e. The Balaban J connectivity index is 1.22. The summed E-state index contributed by atoms with van der Waals surface area (Å²) >= 11 is 1.79. The van der Waals surface area contributed by atoms with Gasteiger partial charge in [0.05, 0.1) is 0 Å². The zero-order valence-electron chi connectivity index (χ0n) is 30.8. The first-order valence-electron chi connectivity index (χ1n) is 19.2. The summed E-state index contributed by atoms with van der Waals surface area (Å²) in [6.07, 6.45) is 0. The average molecular weight is 744 g/mol. The monoisotopic (exact) mass is 743 g/mol. The third-order valence-electron chi connectivity index (χ3n) is 10.9. The van der Waals surface area contributed by atoms with Crippen molar-refractivity contribution in [2.75, 3.05) is 0 Å². The van der Waals surface area contributed by atoms with Crippen LogP contribution in [0.5, 0.6) is 0 Å². The molecule has 9 aromatic carbocycles. The van der Waals surface area contributed by atoms with E-state index in [1.807, 2.05) is 18.2 Å². The number of hydrogen-bond acceptors (Lipinski definition) is 4. The molecule has 57 heavy (non-hydrogen) atoms. The number of thiophene rings is 1. The van der Waals surface area contributed by atoms with Gasteiger partial charge in [0.2, 0.25) is 0 Å². The second-order valence-corrected chi connectivity index (χ2v) is 15.4. The molecule has 0 unspecified atom stereocenters. The van der Waals surface area contributed by atoms with Crippen LogP contribution in [0, 0.1) is 0 Å². The lowest BCUT2D eigenvalue weighted by Crippen LogP contribution is -2.02. The van der Waals surface area contributed by atoms with E-state index in [4.69, 9.17) is 15.0 Å². The van der Waals surface area contributed by atoms with E-state index in [9.17, 15) is 0 Å². The molecule has 0 fully saturated rings. The SMILES string of the molecule is c1ccc(-c2cccc(-c3ccc4ccccc4c3-c3ccc4ccccc4c3-c3nc(-c4ccccc4)nc(-c4cccc5c4sc4ccccc45)n3)c2)cc1. The minimum atomic E-state index is 0.640. The lowest BCUT2D eigenvalue weighted by atomic mass is 9.85. The van der Waals surface area contributed by atoms with Gasteiger partial charge in [-0.1, -0.05) is 182 Å². The standard InChI is InChI=1S/C53H33N3S/c1-3-15-34(16-4-1)38-21-13-22-39(33-38)42-31-29-35-17-7-9-23-40(35)48(42)45-32-30-36-18-8-10-24-41(36)49(45)53-55-51(37-19-5-2-6-20-37)54-52(56-53)46-27-14-26-44-43-25-11-12-28-47(43)57-50(44)46/h1-33H. The van der Waals surface area contributed by atoms with Gasteiger partial charge in [0.1, 0.15) is 0 Å². The van der Waals surface area contributed by atoms with Gasteiger partial charge in [-0.25, -0.2) is 15.0 Å². The number of nitrogens with zero attached hydrogens (tertiary/aromatic N) is 3. The van der Waals surface area contributed by atoms with E-state index in [0.717, 1.165) is 49.7 Å². The second kappa shape index (κ2) is 13.8. The highest BCUT2D eigenvalue weighted by molar-refractivity contribution is 7.26. The van der Waals surface area contributed by atoms with Gasteiger partial charge in [-0.05, 0) is 73.1 Å². The Bertz CT molecular complexity index is 3300. The van der Waals surface area contributed by atoms with E-state index in [-0.39, 0.29) is 0 Å². The predicted octanol–water partition coefficient (Wildman–Crippen LogP) is 14.5. The van der Waals surface area contributed by atoms with Gasteiger partial charge in [-0.3, -0.25) is 0 Å². The average Bonchev–Trinajstić information content (AvgIpc) is 3.68. The highest BCUT2D eigenvalue weighted by atomic mass is 32.1. The number of hydrogen-bond donors (Lipinski definition) is 0. The molecule has 0 saturated carbocycles. The predicted molar refractivity (Wildman–Crippen MR) is 240 cm³/mol. The topological polar surface area (TPSA) is 38.7 Å². The van der Waals surface area contributed by atoms with Crippen LogP contribution >= 0.6 is 11.3 Å². The molecule has 0 aliphatic carbocycles. The maximum Gasteiger partial charge on any atom is 0.165 e. The molecule has 0 aliphatic heterocycles.